The number of hydrogen-bond acceptors (Lipinski definition) is 3. The number of carbonyl (C=O) groups excluding carboxylic acids is 2. The first-order chi connectivity index (χ1) is 9.40. The largest absolute Gasteiger partial charge is 0.508 e. The van der Waals surface area contributed by atoms with Crippen molar-refractivity contribution >= 4 is 11.8 Å². The van der Waals surface area contributed by atoms with Crippen LogP contribution in [0.25, 0.3) is 0 Å². The number of benzene rings is 1. The molecule has 0 aromatic heterocycles. The third kappa shape index (κ3) is 5.30. The van der Waals surface area contributed by atoms with Crippen molar-refractivity contribution in [2.24, 2.45) is 5.92 Å². The zero-order chi connectivity index (χ0) is 15.1. The fraction of sp³-hybridized carbons (Fsp3) is 0.467. The standard InChI is InChI=1S/C15H22N2O3/c1-11(2)9-16-14(19)10-17(3)15(20)8-12-6-4-5-7-13(12)18/h4-7,11,18H,8-10H2,1-3H3,(H,16,19). The van der Waals surface area contributed by atoms with Gasteiger partial charge in [-0.05, 0) is 12.0 Å². The maximum atomic E-state index is 12.0. The maximum absolute atomic E-state index is 12.0. The van der Waals surface area contributed by atoms with Crippen molar-refractivity contribution in [2.45, 2.75) is 20.3 Å². The minimum atomic E-state index is -0.203. The average molecular weight is 278 g/mol. The molecule has 0 aliphatic heterocycles. The van der Waals surface area contributed by atoms with Crippen LogP contribution in [-0.4, -0.2) is 42.0 Å². The van der Waals surface area contributed by atoms with E-state index in [4.69, 9.17) is 0 Å². The molecule has 0 spiro atoms. The Kier molecular flexibility index (Phi) is 6.03. The predicted molar refractivity (Wildman–Crippen MR) is 77.3 cm³/mol. The van der Waals surface area contributed by atoms with Crippen LogP contribution in [0.3, 0.4) is 0 Å². The van der Waals surface area contributed by atoms with E-state index in [9.17, 15) is 14.7 Å². The SMILES string of the molecule is CC(C)CNC(=O)CN(C)C(=O)Cc1ccccc1O. The van der Waals surface area contributed by atoms with Crippen molar-refractivity contribution in [3.63, 3.8) is 0 Å². The first kappa shape index (κ1) is 16.0. The summed E-state index contributed by atoms with van der Waals surface area (Å²) in [6.45, 7) is 4.64. The van der Waals surface area contributed by atoms with Crippen LogP contribution in [0.1, 0.15) is 19.4 Å². The molecule has 0 atom stereocenters. The Morgan fingerprint density at radius 2 is 1.95 bits per heavy atom. The summed E-state index contributed by atoms with van der Waals surface area (Å²) < 4.78 is 0. The molecular formula is C15H22N2O3. The van der Waals surface area contributed by atoms with E-state index in [2.05, 4.69) is 5.32 Å². The highest BCUT2D eigenvalue weighted by Crippen LogP contribution is 2.16. The summed E-state index contributed by atoms with van der Waals surface area (Å²) in [5.41, 5.74) is 0.562. The number of likely N-dealkylation sites (N-methyl/N-ethyl adjacent to an activating group) is 1. The Morgan fingerprint density at radius 3 is 2.55 bits per heavy atom. The minimum Gasteiger partial charge on any atom is -0.508 e. The van der Waals surface area contributed by atoms with Crippen LogP contribution in [0.2, 0.25) is 0 Å². The highest BCUT2D eigenvalue weighted by molar-refractivity contribution is 5.85. The number of carbonyl (C=O) groups is 2. The molecule has 0 saturated carbocycles. The van der Waals surface area contributed by atoms with E-state index in [1.807, 2.05) is 13.8 Å². The third-order valence-corrected chi connectivity index (χ3v) is 2.85. The Bertz CT molecular complexity index is 472. The van der Waals surface area contributed by atoms with Gasteiger partial charge in [0.15, 0.2) is 0 Å². The second-order valence-corrected chi connectivity index (χ2v) is 5.25. The van der Waals surface area contributed by atoms with Gasteiger partial charge in [0.05, 0.1) is 13.0 Å². The van der Waals surface area contributed by atoms with E-state index in [1.54, 1.807) is 25.2 Å². The monoisotopic (exact) mass is 278 g/mol. The molecule has 0 aliphatic carbocycles. The molecule has 20 heavy (non-hydrogen) atoms. The molecule has 0 heterocycles. The van der Waals surface area contributed by atoms with Gasteiger partial charge in [0.1, 0.15) is 5.75 Å². The van der Waals surface area contributed by atoms with Gasteiger partial charge in [-0.3, -0.25) is 9.59 Å². The summed E-state index contributed by atoms with van der Waals surface area (Å²) in [5.74, 6) is 0.0952. The van der Waals surface area contributed by atoms with Gasteiger partial charge in [-0.2, -0.15) is 0 Å². The van der Waals surface area contributed by atoms with Gasteiger partial charge in [-0.25, -0.2) is 0 Å². The minimum absolute atomic E-state index is 0.0269. The van der Waals surface area contributed by atoms with E-state index in [0.717, 1.165) is 0 Å². The van der Waals surface area contributed by atoms with Crippen molar-refractivity contribution in [3.05, 3.63) is 29.8 Å². The molecule has 2 N–H and O–H groups in total. The summed E-state index contributed by atoms with van der Waals surface area (Å²) in [7, 11) is 1.58. The topological polar surface area (TPSA) is 69.6 Å². The number of hydrogen-bond donors (Lipinski definition) is 2. The molecule has 0 saturated heterocycles. The summed E-state index contributed by atoms with van der Waals surface area (Å²) in [5, 5.41) is 12.4. The van der Waals surface area contributed by atoms with Gasteiger partial charge in [-0.1, -0.05) is 32.0 Å². The number of nitrogens with one attached hydrogen (secondary N) is 1. The molecule has 1 aromatic carbocycles. The van der Waals surface area contributed by atoms with E-state index in [1.165, 1.54) is 11.0 Å². The van der Waals surface area contributed by atoms with Gasteiger partial charge in [0.25, 0.3) is 0 Å². The van der Waals surface area contributed by atoms with Gasteiger partial charge in [-0.15, -0.1) is 0 Å². The lowest BCUT2D eigenvalue weighted by atomic mass is 10.1. The number of rotatable bonds is 6. The first-order valence-electron chi connectivity index (χ1n) is 6.67. The quantitative estimate of drug-likeness (QED) is 0.820. The van der Waals surface area contributed by atoms with Crippen LogP contribution in [-0.2, 0) is 16.0 Å². The third-order valence-electron chi connectivity index (χ3n) is 2.85. The molecule has 0 bridgehead atoms. The highest BCUT2D eigenvalue weighted by Gasteiger charge is 2.14. The zero-order valence-electron chi connectivity index (χ0n) is 12.2. The van der Waals surface area contributed by atoms with Crippen molar-refractivity contribution < 1.29 is 14.7 Å². The number of amides is 2. The maximum Gasteiger partial charge on any atom is 0.239 e. The lowest BCUT2D eigenvalue weighted by Gasteiger charge is -2.17. The van der Waals surface area contributed by atoms with Gasteiger partial charge in [0.2, 0.25) is 11.8 Å². The summed E-state index contributed by atoms with van der Waals surface area (Å²) in [6, 6.07) is 6.70. The first-order valence-corrected chi connectivity index (χ1v) is 6.67. The second kappa shape index (κ2) is 7.53. The molecule has 5 nitrogen and oxygen atoms in total. The van der Waals surface area contributed by atoms with Gasteiger partial charge in [0, 0.05) is 19.2 Å². The van der Waals surface area contributed by atoms with Crippen LogP contribution in [0.5, 0.6) is 5.75 Å². The van der Waals surface area contributed by atoms with Crippen LogP contribution >= 0.6 is 0 Å². The molecule has 5 heteroatoms. The molecular weight excluding hydrogens is 256 g/mol. The summed E-state index contributed by atoms with van der Waals surface area (Å²) >= 11 is 0. The number of aromatic hydroxyl groups is 1. The Balaban J connectivity index is 2.47. The number of nitrogens with zero attached hydrogens (tertiary/aromatic N) is 1. The molecule has 1 rings (SSSR count). The zero-order valence-corrected chi connectivity index (χ0v) is 12.2. The Hall–Kier alpha value is -2.04. The lowest BCUT2D eigenvalue weighted by molar-refractivity contribution is -0.134. The van der Waals surface area contributed by atoms with E-state index < -0.39 is 0 Å². The van der Waals surface area contributed by atoms with Crippen molar-refractivity contribution in [2.75, 3.05) is 20.1 Å². The second-order valence-electron chi connectivity index (χ2n) is 5.25. The average Bonchev–Trinajstić information content (AvgIpc) is 2.39. The summed E-state index contributed by atoms with van der Waals surface area (Å²) in [4.78, 5) is 25.0. The Labute approximate surface area is 119 Å². The number of phenolic OH excluding ortho intramolecular Hbond substituents is 1. The van der Waals surface area contributed by atoms with Crippen molar-refractivity contribution in [1.29, 1.82) is 0 Å². The number of phenols is 1. The van der Waals surface area contributed by atoms with Gasteiger partial charge >= 0.3 is 0 Å². The summed E-state index contributed by atoms with van der Waals surface area (Å²) in [6.07, 6.45) is 0.0840. The van der Waals surface area contributed by atoms with Crippen molar-refractivity contribution in [1.82, 2.24) is 10.2 Å². The van der Waals surface area contributed by atoms with Crippen LogP contribution in [0.15, 0.2) is 24.3 Å². The van der Waals surface area contributed by atoms with Crippen molar-refractivity contribution in [3.8, 4) is 5.75 Å². The molecule has 0 unspecified atom stereocenters. The van der Waals surface area contributed by atoms with E-state index >= 15 is 0 Å². The lowest BCUT2D eigenvalue weighted by Crippen LogP contribution is -2.40. The molecule has 2 amide bonds. The fourth-order valence-corrected chi connectivity index (χ4v) is 1.64. The predicted octanol–water partition coefficient (Wildman–Crippen LogP) is 1.17. The van der Waals surface area contributed by atoms with Crippen LogP contribution in [0.4, 0.5) is 0 Å². The fourth-order valence-electron chi connectivity index (χ4n) is 1.64. The highest BCUT2D eigenvalue weighted by atomic mass is 16.3. The molecule has 1 aromatic rings. The normalized spacial score (nSPS) is 10.4. The smallest absolute Gasteiger partial charge is 0.239 e. The molecule has 0 aliphatic rings. The molecule has 0 radical (unpaired) electrons. The molecule has 110 valence electrons. The van der Waals surface area contributed by atoms with E-state index in [-0.39, 0.29) is 30.5 Å². The Morgan fingerprint density at radius 1 is 1.30 bits per heavy atom. The van der Waals surface area contributed by atoms with Gasteiger partial charge < -0.3 is 15.3 Å². The number of para-hydroxylation sites is 1. The van der Waals surface area contributed by atoms with Crippen LogP contribution < -0.4 is 5.32 Å². The van der Waals surface area contributed by atoms with E-state index in [0.29, 0.717) is 18.0 Å². The van der Waals surface area contributed by atoms with Crippen LogP contribution in [0, 0.1) is 5.92 Å². The molecule has 0 fully saturated rings.